The number of aryl methyl sites for hydroxylation is 2. The average molecular weight is 235 g/mol. The van der Waals surface area contributed by atoms with E-state index in [2.05, 4.69) is 45.1 Å². The zero-order chi connectivity index (χ0) is 13.0. The molecule has 0 bridgehead atoms. The Hall–Kier alpha value is -1.02. The number of nitrogens with one attached hydrogen (secondary N) is 1. The molecule has 0 aromatic heterocycles. The minimum atomic E-state index is 0.494. The minimum Gasteiger partial charge on any atom is -0.496 e. The van der Waals surface area contributed by atoms with Gasteiger partial charge in [-0.2, -0.15) is 0 Å². The number of rotatable bonds is 5. The molecule has 0 heterocycles. The van der Waals surface area contributed by atoms with Gasteiger partial charge in [0.25, 0.3) is 0 Å². The summed E-state index contributed by atoms with van der Waals surface area (Å²) >= 11 is 0. The summed E-state index contributed by atoms with van der Waals surface area (Å²) in [6.07, 6.45) is 0. The molecular weight excluding hydrogens is 210 g/mol. The van der Waals surface area contributed by atoms with Gasteiger partial charge in [0.15, 0.2) is 0 Å². The molecule has 0 amide bonds. The number of methoxy groups -OCH3 is 1. The van der Waals surface area contributed by atoms with Crippen molar-refractivity contribution < 1.29 is 4.74 Å². The molecule has 2 nitrogen and oxygen atoms in total. The van der Waals surface area contributed by atoms with Crippen LogP contribution in [0.2, 0.25) is 0 Å². The second-order valence-corrected chi connectivity index (χ2v) is 5.11. The third-order valence-electron chi connectivity index (χ3n) is 3.28. The molecule has 0 fully saturated rings. The molecule has 1 atom stereocenters. The summed E-state index contributed by atoms with van der Waals surface area (Å²) in [5.41, 5.74) is 3.86. The van der Waals surface area contributed by atoms with E-state index in [-0.39, 0.29) is 0 Å². The normalized spacial score (nSPS) is 12.9. The first-order valence-corrected chi connectivity index (χ1v) is 6.31. The van der Waals surface area contributed by atoms with Crippen molar-refractivity contribution in [1.29, 1.82) is 0 Å². The monoisotopic (exact) mass is 235 g/mol. The van der Waals surface area contributed by atoms with E-state index in [1.54, 1.807) is 7.11 Å². The maximum atomic E-state index is 5.58. The lowest BCUT2D eigenvalue weighted by Gasteiger charge is -2.24. The molecule has 0 aliphatic rings. The topological polar surface area (TPSA) is 21.3 Å². The third-order valence-corrected chi connectivity index (χ3v) is 3.28. The van der Waals surface area contributed by atoms with Crippen molar-refractivity contribution in [2.75, 3.05) is 20.7 Å². The van der Waals surface area contributed by atoms with Gasteiger partial charge in [-0.25, -0.2) is 0 Å². The lowest BCUT2D eigenvalue weighted by Crippen LogP contribution is -2.22. The maximum absolute atomic E-state index is 5.58. The van der Waals surface area contributed by atoms with Gasteiger partial charge in [-0.15, -0.1) is 0 Å². The van der Waals surface area contributed by atoms with Crippen LogP contribution < -0.4 is 10.1 Å². The molecule has 0 saturated heterocycles. The van der Waals surface area contributed by atoms with Crippen LogP contribution in [0.4, 0.5) is 0 Å². The number of ether oxygens (including phenoxy) is 1. The van der Waals surface area contributed by atoms with Gasteiger partial charge in [-0.3, -0.25) is 0 Å². The van der Waals surface area contributed by atoms with Crippen LogP contribution in [0.5, 0.6) is 5.75 Å². The van der Waals surface area contributed by atoms with Gasteiger partial charge >= 0.3 is 0 Å². The Morgan fingerprint density at radius 2 is 1.88 bits per heavy atom. The molecule has 0 saturated carbocycles. The van der Waals surface area contributed by atoms with E-state index < -0.39 is 0 Å². The van der Waals surface area contributed by atoms with Gasteiger partial charge < -0.3 is 10.1 Å². The van der Waals surface area contributed by atoms with Gasteiger partial charge in [0.1, 0.15) is 5.75 Å². The molecular formula is C15H25NO. The lowest BCUT2D eigenvalue weighted by atomic mass is 9.86. The van der Waals surface area contributed by atoms with Crippen LogP contribution in [0.3, 0.4) is 0 Å². The van der Waals surface area contributed by atoms with Crippen molar-refractivity contribution >= 4 is 0 Å². The Kier molecular flexibility index (Phi) is 5.01. The van der Waals surface area contributed by atoms with Gasteiger partial charge in [0, 0.05) is 12.5 Å². The molecule has 1 N–H and O–H groups in total. The Morgan fingerprint density at radius 3 is 2.35 bits per heavy atom. The van der Waals surface area contributed by atoms with Crippen molar-refractivity contribution in [3.63, 3.8) is 0 Å². The van der Waals surface area contributed by atoms with Crippen LogP contribution in [0.25, 0.3) is 0 Å². The average Bonchev–Trinajstić information content (AvgIpc) is 2.24. The fourth-order valence-corrected chi connectivity index (χ4v) is 2.47. The fourth-order valence-electron chi connectivity index (χ4n) is 2.47. The first-order valence-electron chi connectivity index (χ1n) is 6.31. The summed E-state index contributed by atoms with van der Waals surface area (Å²) in [5, 5.41) is 3.28. The summed E-state index contributed by atoms with van der Waals surface area (Å²) < 4.78 is 5.58. The van der Waals surface area contributed by atoms with Crippen molar-refractivity contribution in [1.82, 2.24) is 5.32 Å². The van der Waals surface area contributed by atoms with Gasteiger partial charge in [0.2, 0.25) is 0 Å². The van der Waals surface area contributed by atoms with Crippen LogP contribution >= 0.6 is 0 Å². The fraction of sp³-hybridized carbons (Fsp3) is 0.600. The number of hydrogen-bond acceptors (Lipinski definition) is 2. The third kappa shape index (κ3) is 3.22. The smallest absolute Gasteiger partial charge is 0.125 e. The molecule has 0 spiro atoms. The molecule has 1 unspecified atom stereocenters. The van der Waals surface area contributed by atoms with Crippen LogP contribution in [-0.4, -0.2) is 20.7 Å². The van der Waals surface area contributed by atoms with Crippen molar-refractivity contribution in [3.8, 4) is 5.75 Å². The predicted molar refractivity (Wildman–Crippen MR) is 74.0 cm³/mol. The summed E-state index contributed by atoms with van der Waals surface area (Å²) in [6.45, 7) is 9.77. The minimum absolute atomic E-state index is 0.494. The second kappa shape index (κ2) is 6.06. The van der Waals surface area contributed by atoms with E-state index in [1.807, 2.05) is 7.05 Å². The van der Waals surface area contributed by atoms with Crippen molar-refractivity contribution in [3.05, 3.63) is 28.8 Å². The molecule has 1 aromatic rings. The first kappa shape index (κ1) is 14.0. The summed E-state index contributed by atoms with van der Waals surface area (Å²) in [5.74, 6) is 2.13. The summed E-state index contributed by atoms with van der Waals surface area (Å²) in [4.78, 5) is 0. The van der Waals surface area contributed by atoms with Gasteiger partial charge in [0.05, 0.1) is 7.11 Å². The van der Waals surface area contributed by atoms with Gasteiger partial charge in [-0.1, -0.05) is 31.5 Å². The summed E-state index contributed by atoms with van der Waals surface area (Å²) in [7, 11) is 3.77. The molecule has 96 valence electrons. The maximum Gasteiger partial charge on any atom is 0.125 e. The molecule has 1 aromatic carbocycles. The zero-order valence-corrected chi connectivity index (χ0v) is 11.9. The lowest BCUT2D eigenvalue weighted by molar-refractivity contribution is 0.389. The largest absolute Gasteiger partial charge is 0.496 e. The molecule has 1 rings (SSSR count). The SMILES string of the molecule is CNCC(c1cc(C)cc(C)c1OC)C(C)C. The molecule has 17 heavy (non-hydrogen) atoms. The highest BCUT2D eigenvalue weighted by molar-refractivity contribution is 5.46. The Bertz CT molecular complexity index is 371. The van der Waals surface area contributed by atoms with E-state index in [1.165, 1.54) is 16.7 Å². The Balaban J connectivity index is 3.25. The first-order chi connectivity index (χ1) is 8.01. The van der Waals surface area contributed by atoms with E-state index in [4.69, 9.17) is 4.74 Å². The van der Waals surface area contributed by atoms with Crippen LogP contribution in [0.1, 0.15) is 36.5 Å². The molecule has 0 radical (unpaired) electrons. The van der Waals surface area contributed by atoms with Gasteiger partial charge in [-0.05, 0) is 37.9 Å². The number of hydrogen-bond donors (Lipinski definition) is 1. The summed E-state index contributed by atoms with van der Waals surface area (Å²) in [6, 6.07) is 4.44. The van der Waals surface area contributed by atoms with E-state index in [0.717, 1.165) is 12.3 Å². The molecule has 2 heteroatoms. The number of benzene rings is 1. The highest BCUT2D eigenvalue weighted by Crippen LogP contribution is 2.34. The van der Waals surface area contributed by atoms with E-state index in [9.17, 15) is 0 Å². The van der Waals surface area contributed by atoms with Crippen LogP contribution in [0, 0.1) is 19.8 Å². The Labute approximate surface area is 105 Å². The highest BCUT2D eigenvalue weighted by Gasteiger charge is 2.20. The Morgan fingerprint density at radius 1 is 1.24 bits per heavy atom. The van der Waals surface area contributed by atoms with E-state index in [0.29, 0.717) is 11.8 Å². The van der Waals surface area contributed by atoms with Crippen LogP contribution in [-0.2, 0) is 0 Å². The number of likely N-dealkylation sites (N-methyl/N-ethyl adjacent to an activating group) is 1. The quantitative estimate of drug-likeness (QED) is 0.845. The molecule has 0 aliphatic heterocycles. The zero-order valence-electron chi connectivity index (χ0n) is 11.9. The van der Waals surface area contributed by atoms with Crippen molar-refractivity contribution in [2.45, 2.75) is 33.6 Å². The predicted octanol–water partition coefficient (Wildman–Crippen LogP) is 3.27. The second-order valence-electron chi connectivity index (χ2n) is 5.11. The highest BCUT2D eigenvalue weighted by atomic mass is 16.5. The van der Waals surface area contributed by atoms with Crippen molar-refractivity contribution in [2.24, 2.45) is 5.92 Å². The standard InChI is InChI=1S/C15H25NO/c1-10(2)14(9-16-5)13-8-11(3)7-12(4)15(13)17-6/h7-8,10,14,16H,9H2,1-6H3. The van der Waals surface area contributed by atoms with Crippen LogP contribution in [0.15, 0.2) is 12.1 Å². The molecule has 0 aliphatic carbocycles. The van der Waals surface area contributed by atoms with E-state index >= 15 is 0 Å².